The molecule has 1 aromatic rings. The van der Waals surface area contributed by atoms with Gasteiger partial charge in [0.05, 0.1) is 9.82 Å². The van der Waals surface area contributed by atoms with Crippen LogP contribution in [-0.2, 0) is 10.0 Å². The smallest absolute Gasteiger partial charge is 0.293 e. The molecular formula is C19H33N5O4S. The minimum atomic E-state index is -3.75. The fourth-order valence-corrected chi connectivity index (χ4v) is 4.84. The van der Waals surface area contributed by atoms with Gasteiger partial charge in [-0.1, -0.05) is 13.8 Å². The number of rotatable bonds is 9. The summed E-state index contributed by atoms with van der Waals surface area (Å²) in [7, 11) is 2.15. The molecule has 29 heavy (non-hydrogen) atoms. The van der Waals surface area contributed by atoms with Crippen molar-refractivity contribution in [3.63, 3.8) is 0 Å². The van der Waals surface area contributed by atoms with Gasteiger partial charge in [-0.15, -0.1) is 0 Å². The molecule has 1 aromatic carbocycles. The van der Waals surface area contributed by atoms with Crippen LogP contribution in [0.3, 0.4) is 0 Å². The monoisotopic (exact) mass is 427 g/mol. The summed E-state index contributed by atoms with van der Waals surface area (Å²) in [6, 6.07) is 4.34. The average molecular weight is 428 g/mol. The molecule has 0 saturated carbocycles. The second-order valence-corrected chi connectivity index (χ2v) is 10.2. The van der Waals surface area contributed by atoms with Crippen LogP contribution in [0.15, 0.2) is 23.1 Å². The van der Waals surface area contributed by atoms with E-state index in [-0.39, 0.29) is 16.6 Å². The Morgan fingerprint density at radius 1 is 1.21 bits per heavy atom. The maximum absolute atomic E-state index is 12.9. The summed E-state index contributed by atoms with van der Waals surface area (Å²) in [4.78, 5) is 15.2. The van der Waals surface area contributed by atoms with Gasteiger partial charge in [0.2, 0.25) is 10.0 Å². The van der Waals surface area contributed by atoms with Crippen molar-refractivity contribution in [3.8, 4) is 0 Å². The van der Waals surface area contributed by atoms with Crippen LogP contribution < -0.4 is 5.32 Å². The van der Waals surface area contributed by atoms with Crippen LogP contribution in [0.2, 0.25) is 0 Å². The van der Waals surface area contributed by atoms with Crippen LogP contribution >= 0.6 is 0 Å². The molecule has 0 unspecified atom stereocenters. The van der Waals surface area contributed by atoms with E-state index >= 15 is 0 Å². The summed E-state index contributed by atoms with van der Waals surface area (Å²) in [6.45, 7) is 6.86. The number of piperazine rings is 1. The molecule has 0 aliphatic carbocycles. The Hall–Kier alpha value is -1.75. The van der Waals surface area contributed by atoms with Crippen LogP contribution in [0.5, 0.6) is 0 Å². The molecule has 0 bridgehead atoms. The molecule has 1 fully saturated rings. The van der Waals surface area contributed by atoms with Crippen molar-refractivity contribution >= 4 is 21.4 Å². The van der Waals surface area contributed by atoms with Gasteiger partial charge < -0.3 is 15.1 Å². The molecule has 9 nitrogen and oxygen atoms in total. The normalized spacial score (nSPS) is 17.6. The number of nitrogens with one attached hydrogen (secondary N) is 1. The number of sulfonamides is 1. The third-order valence-electron chi connectivity index (χ3n) is 5.27. The third kappa shape index (κ3) is 6.11. The molecule has 0 aromatic heterocycles. The van der Waals surface area contributed by atoms with Gasteiger partial charge >= 0.3 is 0 Å². The largest absolute Gasteiger partial charge is 0.378 e. The summed E-state index contributed by atoms with van der Waals surface area (Å²) in [5, 5.41) is 14.8. The number of hydrogen-bond donors (Lipinski definition) is 1. The average Bonchev–Trinajstić information content (AvgIpc) is 2.64. The lowest BCUT2D eigenvalue weighted by atomic mass is 10.0. The lowest BCUT2D eigenvalue weighted by Crippen LogP contribution is -2.47. The summed E-state index contributed by atoms with van der Waals surface area (Å²) in [5.74, 6) is 0.496. The highest BCUT2D eigenvalue weighted by Crippen LogP contribution is 2.29. The quantitative estimate of drug-likeness (QED) is 0.475. The lowest BCUT2D eigenvalue weighted by Gasteiger charge is -2.31. The van der Waals surface area contributed by atoms with E-state index < -0.39 is 14.9 Å². The van der Waals surface area contributed by atoms with Gasteiger partial charge in [0.15, 0.2) is 0 Å². The summed E-state index contributed by atoms with van der Waals surface area (Å²) in [5.41, 5.74) is 0.116. The number of anilines is 1. The van der Waals surface area contributed by atoms with Crippen molar-refractivity contribution in [3.05, 3.63) is 28.3 Å². The van der Waals surface area contributed by atoms with Crippen molar-refractivity contribution in [2.75, 3.05) is 59.2 Å². The van der Waals surface area contributed by atoms with Crippen molar-refractivity contribution in [2.45, 2.75) is 31.2 Å². The highest BCUT2D eigenvalue weighted by molar-refractivity contribution is 7.89. The summed E-state index contributed by atoms with van der Waals surface area (Å²) in [6.07, 6.45) is 0.948. The third-order valence-corrected chi connectivity index (χ3v) is 7.16. The summed E-state index contributed by atoms with van der Waals surface area (Å²) < 4.78 is 27.2. The van der Waals surface area contributed by atoms with Gasteiger partial charge in [-0.05, 0) is 45.6 Å². The second kappa shape index (κ2) is 9.84. The van der Waals surface area contributed by atoms with Crippen LogP contribution in [0, 0.1) is 16.0 Å². The number of likely N-dealkylation sites (N-methyl/N-ethyl adjacent to an activating group) is 2. The molecule has 0 radical (unpaired) electrons. The van der Waals surface area contributed by atoms with Gasteiger partial charge in [0.25, 0.3) is 5.69 Å². The standard InChI is InChI=1S/C19H33N5O4S/c1-15(2)12-16(21(3)4)14-20-18-7-6-17(13-19(18)24(25)26)29(27,28)23-10-8-22(5)9-11-23/h6-7,13,15-16,20H,8-12,14H2,1-5H3/t16-/m1/s1. The number of nitro benzene ring substituents is 1. The van der Waals surface area contributed by atoms with E-state index in [0.29, 0.717) is 44.3 Å². The minimum absolute atomic E-state index is 0.0364. The van der Waals surface area contributed by atoms with E-state index in [1.165, 1.54) is 22.5 Å². The molecule has 2 rings (SSSR count). The van der Waals surface area contributed by atoms with E-state index in [0.717, 1.165) is 6.42 Å². The number of nitrogens with zero attached hydrogens (tertiary/aromatic N) is 4. The Kier molecular flexibility index (Phi) is 7.98. The Labute approximate surface area is 173 Å². The Morgan fingerprint density at radius 3 is 2.34 bits per heavy atom. The molecule has 0 amide bonds. The first-order valence-corrected chi connectivity index (χ1v) is 11.3. The molecule has 1 aliphatic rings. The number of benzene rings is 1. The van der Waals surface area contributed by atoms with Crippen LogP contribution in [-0.4, -0.2) is 87.4 Å². The van der Waals surface area contributed by atoms with Crippen molar-refractivity contribution in [1.82, 2.24) is 14.1 Å². The van der Waals surface area contributed by atoms with E-state index in [2.05, 4.69) is 29.0 Å². The van der Waals surface area contributed by atoms with Crippen molar-refractivity contribution < 1.29 is 13.3 Å². The van der Waals surface area contributed by atoms with Crippen LogP contribution in [0.1, 0.15) is 20.3 Å². The fraction of sp³-hybridized carbons (Fsp3) is 0.684. The number of hydrogen-bond acceptors (Lipinski definition) is 7. The Morgan fingerprint density at radius 2 is 1.83 bits per heavy atom. The zero-order valence-corrected chi connectivity index (χ0v) is 18.8. The second-order valence-electron chi connectivity index (χ2n) is 8.27. The van der Waals surface area contributed by atoms with Crippen LogP contribution in [0.4, 0.5) is 11.4 Å². The molecule has 1 saturated heterocycles. The molecule has 0 spiro atoms. The molecule has 1 heterocycles. The van der Waals surface area contributed by atoms with E-state index in [1.807, 2.05) is 21.1 Å². The number of nitro groups is 1. The molecule has 164 valence electrons. The Balaban J connectivity index is 2.23. The van der Waals surface area contributed by atoms with E-state index in [9.17, 15) is 18.5 Å². The van der Waals surface area contributed by atoms with Crippen molar-refractivity contribution in [1.29, 1.82) is 0 Å². The Bertz CT molecular complexity index is 805. The zero-order chi connectivity index (χ0) is 21.8. The fourth-order valence-electron chi connectivity index (χ4n) is 3.40. The first-order chi connectivity index (χ1) is 13.5. The maximum Gasteiger partial charge on any atom is 0.293 e. The van der Waals surface area contributed by atoms with Gasteiger partial charge in [-0.3, -0.25) is 10.1 Å². The van der Waals surface area contributed by atoms with Gasteiger partial charge in [-0.2, -0.15) is 4.31 Å². The first kappa shape index (κ1) is 23.5. The zero-order valence-electron chi connectivity index (χ0n) is 18.0. The molecule has 1 atom stereocenters. The lowest BCUT2D eigenvalue weighted by molar-refractivity contribution is -0.384. The highest BCUT2D eigenvalue weighted by Gasteiger charge is 2.29. The van der Waals surface area contributed by atoms with E-state index in [1.54, 1.807) is 0 Å². The topological polar surface area (TPSA) is 99.0 Å². The first-order valence-electron chi connectivity index (χ1n) is 9.89. The van der Waals surface area contributed by atoms with Gasteiger partial charge in [0.1, 0.15) is 5.69 Å². The molecule has 1 N–H and O–H groups in total. The van der Waals surface area contributed by atoms with Crippen LogP contribution in [0.25, 0.3) is 0 Å². The summed E-state index contributed by atoms with van der Waals surface area (Å²) >= 11 is 0. The van der Waals surface area contributed by atoms with Gasteiger partial charge in [-0.25, -0.2) is 8.42 Å². The maximum atomic E-state index is 12.9. The predicted octanol–water partition coefficient (Wildman–Crippen LogP) is 1.92. The minimum Gasteiger partial charge on any atom is -0.378 e. The molecule has 10 heteroatoms. The SMILES string of the molecule is CC(C)C[C@H](CNc1ccc(S(=O)(=O)N2CCN(C)CC2)cc1[N+](=O)[O-])N(C)C. The molecule has 1 aliphatic heterocycles. The van der Waals surface area contributed by atoms with Crippen molar-refractivity contribution in [2.24, 2.45) is 5.92 Å². The van der Waals surface area contributed by atoms with Gasteiger partial charge in [0, 0.05) is 44.8 Å². The predicted molar refractivity (Wildman–Crippen MR) is 115 cm³/mol. The van der Waals surface area contributed by atoms with E-state index in [4.69, 9.17) is 0 Å². The highest BCUT2D eigenvalue weighted by atomic mass is 32.2. The molecular weight excluding hydrogens is 394 g/mol.